The molecule has 0 radical (unpaired) electrons. The topological polar surface area (TPSA) is 59.0 Å². The van der Waals surface area contributed by atoms with Gasteiger partial charge in [-0.3, -0.25) is 9.48 Å². The minimum absolute atomic E-state index is 0.00973. The van der Waals surface area contributed by atoms with E-state index < -0.39 is 0 Å². The minimum Gasteiger partial charge on any atom is -0.374 e. The zero-order valence-electron chi connectivity index (χ0n) is 16.0. The Bertz CT molecular complexity index is 885. The van der Waals surface area contributed by atoms with E-state index in [2.05, 4.69) is 52.3 Å². The molecule has 0 aliphatic heterocycles. The first kappa shape index (κ1) is 19.2. The van der Waals surface area contributed by atoms with Crippen molar-refractivity contribution in [2.24, 2.45) is 0 Å². The first-order chi connectivity index (χ1) is 13.0. The Morgan fingerprint density at radius 2 is 2.07 bits per heavy atom. The molecule has 3 aromatic rings. The van der Waals surface area contributed by atoms with Crippen molar-refractivity contribution in [2.45, 2.75) is 39.8 Å². The van der Waals surface area contributed by atoms with Gasteiger partial charge in [-0.15, -0.1) is 11.3 Å². The van der Waals surface area contributed by atoms with Gasteiger partial charge < -0.3 is 10.6 Å². The van der Waals surface area contributed by atoms with Crippen LogP contribution in [0.2, 0.25) is 0 Å². The number of nitrogens with one attached hydrogen (secondary N) is 2. The number of anilines is 1. The average molecular weight is 383 g/mol. The predicted octanol–water partition coefficient (Wildman–Crippen LogP) is 3.77. The summed E-state index contributed by atoms with van der Waals surface area (Å²) in [5.41, 5.74) is 4.26. The van der Waals surface area contributed by atoms with Gasteiger partial charge in [0.15, 0.2) is 0 Å². The Balaban J connectivity index is 1.53. The normalized spacial score (nSPS) is 12.0. The van der Waals surface area contributed by atoms with Gasteiger partial charge in [-0.05, 0) is 62.4 Å². The molecule has 1 atom stereocenters. The predicted molar refractivity (Wildman–Crippen MR) is 111 cm³/mol. The third-order valence-corrected chi connectivity index (χ3v) is 5.33. The molecule has 5 nitrogen and oxygen atoms in total. The molecule has 27 heavy (non-hydrogen) atoms. The molecule has 0 aliphatic carbocycles. The van der Waals surface area contributed by atoms with Crippen molar-refractivity contribution in [3.8, 4) is 0 Å². The maximum Gasteiger partial charge on any atom is 0.242 e. The zero-order valence-corrected chi connectivity index (χ0v) is 16.8. The quantitative estimate of drug-likeness (QED) is 0.623. The van der Waals surface area contributed by atoms with Crippen molar-refractivity contribution < 1.29 is 4.79 Å². The van der Waals surface area contributed by atoms with Gasteiger partial charge in [-0.2, -0.15) is 5.10 Å². The Morgan fingerprint density at radius 1 is 1.22 bits per heavy atom. The fourth-order valence-corrected chi connectivity index (χ4v) is 3.71. The second-order valence-corrected chi connectivity index (χ2v) is 7.80. The molecule has 0 saturated heterocycles. The van der Waals surface area contributed by atoms with Gasteiger partial charge in [0.2, 0.25) is 5.91 Å². The van der Waals surface area contributed by atoms with Crippen LogP contribution in [-0.4, -0.2) is 28.3 Å². The molecule has 142 valence electrons. The van der Waals surface area contributed by atoms with Gasteiger partial charge in [0, 0.05) is 22.8 Å². The molecule has 2 heterocycles. The van der Waals surface area contributed by atoms with E-state index >= 15 is 0 Å². The molecule has 1 unspecified atom stereocenters. The van der Waals surface area contributed by atoms with Crippen LogP contribution in [-0.2, 0) is 17.8 Å². The van der Waals surface area contributed by atoms with Crippen LogP contribution in [0.3, 0.4) is 0 Å². The number of benzene rings is 1. The molecule has 2 aromatic heterocycles. The number of carbonyl (C=O) groups is 1. The highest BCUT2D eigenvalue weighted by molar-refractivity contribution is 7.09. The molecule has 1 amide bonds. The van der Waals surface area contributed by atoms with E-state index in [9.17, 15) is 4.79 Å². The summed E-state index contributed by atoms with van der Waals surface area (Å²) < 4.78 is 2.00. The fourth-order valence-electron chi connectivity index (χ4n) is 3.00. The summed E-state index contributed by atoms with van der Waals surface area (Å²) in [4.78, 5) is 13.6. The molecular weight excluding hydrogens is 356 g/mol. The maximum atomic E-state index is 12.3. The lowest BCUT2D eigenvalue weighted by molar-refractivity contribution is -0.121. The number of hydrogen-bond acceptors (Lipinski definition) is 4. The van der Waals surface area contributed by atoms with Crippen molar-refractivity contribution in [1.29, 1.82) is 0 Å². The van der Waals surface area contributed by atoms with Gasteiger partial charge in [-0.1, -0.05) is 18.2 Å². The van der Waals surface area contributed by atoms with Gasteiger partial charge >= 0.3 is 0 Å². The lowest BCUT2D eigenvalue weighted by atomic mass is 10.2. The Hall–Kier alpha value is -2.60. The zero-order chi connectivity index (χ0) is 19.2. The number of aromatic nitrogens is 2. The van der Waals surface area contributed by atoms with Crippen molar-refractivity contribution in [2.75, 3.05) is 11.9 Å². The van der Waals surface area contributed by atoms with Crippen molar-refractivity contribution in [3.05, 3.63) is 69.7 Å². The van der Waals surface area contributed by atoms with E-state index in [1.165, 1.54) is 4.88 Å². The molecule has 0 fully saturated rings. The number of hydrogen-bond donors (Lipinski definition) is 2. The summed E-state index contributed by atoms with van der Waals surface area (Å²) in [7, 11) is 0. The average Bonchev–Trinajstić information content (AvgIpc) is 3.25. The number of nitrogens with zero attached hydrogens (tertiary/aromatic N) is 2. The van der Waals surface area contributed by atoms with Crippen LogP contribution in [0, 0.1) is 13.8 Å². The summed E-state index contributed by atoms with van der Waals surface area (Å²) in [5, 5.41) is 12.9. The Kier molecular flexibility index (Phi) is 6.29. The lowest BCUT2D eigenvalue weighted by Crippen LogP contribution is -2.38. The van der Waals surface area contributed by atoms with E-state index in [1.54, 1.807) is 11.3 Å². The second-order valence-electron chi connectivity index (χ2n) is 6.77. The maximum absolute atomic E-state index is 12.3. The molecule has 0 bridgehead atoms. The second kappa shape index (κ2) is 8.86. The number of thiophene rings is 1. The van der Waals surface area contributed by atoms with Crippen LogP contribution in [0.15, 0.2) is 47.8 Å². The number of aryl methyl sites for hydroxylation is 2. The third kappa shape index (κ3) is 5.44. The first-order valence-corrected chi connectivity index (χ1v) is 10.1. The highest BCUT2D eigenvalue weighted by Crippen LogP contribution is 2.14. The highest BCUT2D eigenvalue weighted by Gasteiger charge is 2.12. The fraction of sp³-hybridized carbons (Fsp3) is 0.333. The number of amides is 1. The van der Waals surface area contributed by atoms with Gasteiger partial charge in [0.25, 0.3) is 0 Å². The highest BCUT2D eigenvalue weighted by atomic mass is 32.1. The monoisotopic (exact) mass is 382 g/mol. The van der Waals surface area contributed by atoms with Crippen LogP contribution in [0.25, 0.3) is 0 Å². The SMILES string of the molecule is Cc1cc(C)n(Cc2cccc(NC(C)C(=O)NCCc3cccs3)c2)n1. The molecule has 1 aromatic carbocycles. The molecule has 2 N–H and O–H groups in total. The van der Waals surface area contributed by atoms with Crippen molar-refractivity contribution in [1.82, 2.24) is 15.1 Å². The first-order valence-electron chi connectivity index (χ1n) is 9.18. The molecule has 0 spiro atoms. The van der Waals surface area contributed by atoms with Crippen LogP contribution in [0.5, 0.6) is 0 Å². The van der Waals surface area contributed by atoms with Crippen LogP contribution >= 0.6 is 11.3 Å². The molecule has 0 aliphatic rings. The summed E-state index contributed by atoms with van der Waals surface area (Å²) in [6.07, 6.45) is 0.869. The standard InChI is InChI=1S/C21H26N4OS/c1-15-12-16(2)25(24-15)14-18-6-4-7-19(13-18)23-17(3)21(26)22-10-9-20-8-5-11-27-20/h4-8,11-13,17,23H,9-10,14H2,1-3H3,(H,22,26). The summed E-state index contributed by atoms with van der Waals surface area (Å²) in [6.45, 7) is 7.32. The van der Waals surface area contributed by atoms with Crippen LogP contribution < -0.4 is 10.6 Å². The molecular formula is C21H26N4OS. The van der Waals surface area contributed by atoms with E-state index in [0.29, 0.717) is 6.54 Å². The van der Waals surface area contributed by atoms with Crippen molar-refractivity contribution >= 4 is 22.9 Å². The summed E-state index contributed by atoms with van der Waals surface area (Å²) in [6, 6.07) is 14.0. The summed E-state index contributed by atoms with van der Waals surface area (Å²) >= 11 is 1.72. The van der Waals surface area contributed by atoms with E-state index in [1.807, 2.05) is 36.7 Å². The number of carbonyl (C=O) groups excluding carboxylic acids is 1. The van der Waals surface area contributed by atoms with Crippen LogP contribution in [0.1, 0.15) is 28.8 Å². The Morgan fingerprint density at radius 3 is 2.78 bits per heavy atom. The minimum atomic E-state index is -0.294. The molecule has 3 rings (SSSR count). The third-order valence-electron chi connectivity index (χ3n) is 4.39. The summed E-state index contributed by atoms with van der Waals surface area (Å²) in [5.74, 6) is 0.00973. The van der Waals surface area contributed by atoms with Gasteiger partial charge in [0.1, 0.15) is 6.04 Å². The smallest absolute Gasteiger partial charge is 0.242 e. The largest absolute Gasteiger partial charge is 0.374 e. The Labute approximate surface area is 164 Å². The van der Waals surface area contributed by atoms with Gasteiger partial charge in [-0.25, -0.2) is 0 Å². The van der Waals surface area contributed by atoms with Crippen molar-refractivity contribution in [3.63, 3.8) is 0 Å². The van der Waals surface area contributed by atoms with E-state index in [-0.39, 0.29) is 11.9 Å². The molecule has 6 heteroatoms. The molecule has 0 saturated carbocycles. The lowest BCUT2D eigenvalue weighted by Gasteiger charge is -2.16. The number of rotatable bonds is 8. The van der Waals surface area contributed by atoms with E-state index in [0.717, 1.165) is 35.6 Å². The van der Waals surface area contributed by atoms with E-state index in [4.69, 9.17) is 0 Å². The van der Waals surface area contributed by atoms with Gasteiger partial charge in [0.05, 0.1) is 12.2 Å². The van der Waals surface area contributed by atoms with Crippen LogP contribution in [0.4, 0.5) is 5.69 Å².